The minimum Gasteiger partial charge on any atom is -0.387 e. The molecule has 1 aliphatic heterocycles. The monoisotopic (exact) mass is 388 g/mol. The first kappa shape index (κ1) is 20.9. The van der Waals surface area contributed by atoms with Gasteiger partial charge in [0.15, 0.2) is 5.79 Å². The lowest BCUT2D eigenvalue weighted by Gasteiger charge is -2.47. The first-order valence-electron chi connectivity index (χ1n) is 9.39. The van der Waals surface area contributed by atoms with Gasteiger partial charge in [0.05, 0.1) is 19.8 Å². The summed E-state index contributed by atoms with van der Waals surface area (Å²) in [5.41, 5.74) is 1.92. The molecule has 0 radical (unpaired) electrons. The number of aliphatic hydroxyl groups is 2. The van der Waals surface area contributed by atoms with E-state index >= 15 is 0 Å². The fourth-order valence-electron chi connectivity index (χ4n) is 3.40. The molecule has 6 heteroatoms. The Hall–Kier alpha value is -1.80. The number of rotatable bonds is 8. The SMILES string of the molecule is COC[C@H]1O[C@](C)(O)[C@H](OCc2ccccc2)[C@@H](OCc2ccccc2)[C@@H]1O. The third kappa shape index (κ3) is 5.17. The highest BCUT2D eigenvalue weighted by molar-refractivity contribution is 5.14. The summed E-state index contributed by atoms with van der Waals surface area (Å²) >= 11 is 0. The lowest BCUT2D eigenvalue weighted by Crippen LogP contribution is -2.65. The summed E-state index contributed by atoms with van der Waals surface area (Å²) in [5.74, 6) is -1.64. The molecule has 2 aromatic carbocycles. The minimum absolute atomic E-state index is 0.133. The minimum atomic E-state index is -1.64. The van der Waals surface area contributed by atoms with Crippen LogP contribution >= 0.6 is 0 Å². The Morgan fingerprint density at radius 1 is 0.929 bits per heavy atom. The van der Waals surface area contributed by atoms with Gasteiger partial charge in [-0.2, -0.15) is 0 Å². The van der Waals surface area contributed by atoms with Crippen molar-refractivity contribution in [2.24, 2.45) is 0 Å². The Morgan fingerprint density at radius 3 is 2.00 bits per heavy atom. The highest BCUT2D eigenvalue weighted by atomic mass is 16.7. The van der Waals surface area contributed by atoms with Crippen molar-refractivity contribution in [3.05, 3.63) is 71.8 Å². The van der Waals surface area contributed by atoms with Crippen molar-refractivity contribution < 1.29 is 29.2 Å². The summed E-state index contributed by atoms with van der Waals surface area (Å²) in [6.45, 7) is 2.20. The summed E-state index contributed by atoms with van der Waals surface area (Å²) in [6.07, 6.45) is -3.39. The molecule has 1 saturated heterocycles. The van der Waals surface area contributed by atoms with E-state index < -0.39 is 30.2 Å². The van der Waals surface area contributed by atoms with Gasteiger partial charge in [-0.25, -0.2) is 0 Å². The van der Waals surface area contributed by atoms with Crippen molar-refractivity contribution >= 4 is 0 Å². The average molecular weight is 388 g/mol. The molecule has 2 aromatic rings. The van der Waals surface area contributed by atoms with Crippen molar-refractivity contribution in [2.45, 2.75) is 50.3 Å². The normalized spacial score (nSPS) is 30.3. The van der Waals surface area contributed by atoms with Crippen molar-refractivity contribution in [3.63, 3.8) is 0 Å². The van der Waals surface area contributed by atoms with Crippen LogP contribution in [-0.2, 0) is 32.2 Å². The van der Waals surface area contributed by atoms with Gasteiger partial charge in [-0.15, -0.1) is 0 Å². The molecule has 0 spiro atoms. The van der Waals surface area contributed by atoms with Crippen molar-refractivity contribution in [2.75, 3.05) is 13.7 Å². The number of aliphatic hydroxyl groups excluding tert-OH is 1. The van der Waals surface area contributed by atoms with Gasteiger partial charge in [0.2, 0.25) is 0 Å². The Labute approximate surface area is 165 Å². The number of ether oxygens (including phenoxy) is 4. The van der Waals surface area contributed by atoms with Crippen LogP contribution in [0.25, 0.3) is 0 Å². The summed E-state index contributed by atoms with van der Waals surface area (Å²) < 4.78 is 22.8. The topological polar surface area (TPSA) is 77.4 Å². The molecule has 0 amide bonds. The lowest BCUT2D eigenvalue weighted by molar-refractivity contribution is -0.357. The predicted octanol–water partition coefficient (Wildman–Crippen LogP) is 2.27. The Balaban J connectivity index is 1.76. The first-order chi connectivity index (χ1) is 13.5. The molecule has 0 saturated carbocycles. The molecule has 0 aromatic heterocycles. The molecule has 28 heavy (non-hydrogen) atoms. The van der Waals surface area contributed by atoms with E-state index in [0.717, 1.165) is 11.1 Å². The van der Waals surface area contributed by atoms with E-state index in [0.29, 0.717) is 0 Å². The van der Waals surface area contributed by atoms with E-state index in [1.807, 2.05) is 60.7 Å². The molecule has 0 unspecified atom stereocenters. The van der Waals surface area contributed by atoms with Crippen LogP contribution < -0.4 is 0 Å². The van der Waals surface area contributed by atoms with Crippen molar-refractivity contribution in [1.29, 1.82) is 0 Å². The van der Waals surface area contributed by atoms with E-state index in [-0.39, 0.29) is 19.8 Å². The number of hydrogen-bond acceptors (Lipinski definition) is 6. The van der Waals surface area contributed by atoms with E-state index in [9.17, 15) is 10.2 Å². The van der Waals surface area contributed by atoms with Gasteiger partial charge in [-0.1, -0.05) is 60.7 Å². The van der Waals surface area contributed by atoms with Crippen LogP contribution in [0, 0.1) is 0 Å². The molecule has 1 heterocycles. The molecule has 5 atom stereocenters. The first-order valence-corrected chi connectivity index (χ1v) is 9.39. The van der Waals surface area contributed by atoms with Gasteiger partial charge < -0.3 is 29.2 Å². The van der Waals surface area contributed by atoms with E-state index in [1.165, 1.54) is 14.0 Å². The number of benzene rings is 2. The zero-order chi connectivity index (χ0) is 20.0. The fourth-order valence-corrected chi connectivity index (χ4v) is 3.40. The van der Waals surface area contributed by atoms with E-state index in [1.54, 1.807) is 0 Å². The maximum absolute atomic E-state index is 10.9. The molecule has 3 rings (SSSR count). The molecule has 0 bridgehead atoms. The zero-order valence-electron chi connectivity index (χ0n) is 16.2. The highest BCUT2D eigenvalue weighted by Gasteiger charge is 2.52. The summed E-state index contributed by atoms with van der Waals surface area (Å²) in [5, 5.41) is 21.7. The van der Waals surface area contributed by atoms with Gasteiger partial charge in [-0.05, 0) is 18.1 Å². The number of methoxy groups -OCH3 is 1. The van der Waals surface area contributed by atoms with Gasteiger partial charge in [0.25, 0.3) is 0 Å². The third-order valence-electron chi connectivity index (χ3n) is 4.82. The largest absolute Gasteiger partial charge is 0.387 e. The molecule has 152 valence electrons. The van der Waals surface area contributed by atoms with Gasteiger partial charge >= 0.3 is 0 Å². The quantitative estimate of drug-likeness (QED) is 0.723. The molecular weight excluding hydrogens is 360 g/mol. The van der Waals surface area contributed by atoms with Gasteiger partial charge in [0, 0.05) is 7.11 Å². The molecule has 0 aliphatic carbocycles. The van der Waals surface area contributed by atoms with Crippen LogP contribution in [0.15, 0.2) is 60.7 Å². The second-order valence-corrected chi connectivity index (χ2v) is 7.14. The van der Waals surface area contributed by atoms with Crippen molar-refractivity contribution in [1.82, 2.24) is 0 Å². The lowest BCUT2D eigenvalue weighted by atomic mass is 9.93. The van der Waals surface area contributed by atoms with Gasteiger partial charge in [0.1, 0.15) is 24.4 Å². The zero-order valence-corrected chi connectivity index (χ0v) is 16.2. The number of hydrogen-bond donors (Lipinski definition) is 2. The van der Waals surface area contributed by atoms with Crippen LogP contribution in [0.2, 0.25) is 0 Å². The molecule has 1 fully saturated rings. The summed E-state index contributed by atoms with van der Waals surface area (Å²) in [7, 11) is 1.52. The average Bonchev–Trinajstić information content (AvgIpc) is 2.70. The standard InChI is InChI=1S/C22H28O6/c1-22(24)21(27-14-17-11-7-4-8-12-17)20(19(23)18(28-22)15-25-2)26-13-16-9-5-3-6-10-16/h3-12,18-21,23-24H,13-15H2,1-2H3/t18-,19-,20+,21-,22+/m1/s1. The summed E-state index contributed by atoms with van der Waals surface area (Å²) in [4.78, 5) is 0. The van der Waals surface area contributed by atoms with Crippen LogP contribution in [0.3, 0.4) is 0 Å². The second-order valence-electron chi connectivity index (χ2n) is 7.14. The Kier molecular flexibility index (Phi) is 7.18. The summed E-state index contributed by atoms with van der Waals surface area (Å²) in [6, 6.07) is 19.3. The molecule has 6 nitrogen and oxygen atoms in total. The maximum Gasteiger partial charge on any atom is 0.192 e. The van der Waals surface area contributed by atoms with Crippen LogP contribution in [0.5, 0.6) is 0 Å². The highest BCUT2D eigenvalue weighted by Crippen LogP contribution is 2.33. The molecular formula is C22H28O6. The van der Waals surface area contributed by atoms with Crippen LogP contribution in [-0.4, -0.2) is 54.1 Å². The van der Waals surface area contributed by atoms with Crippen LogP contribution in [0.4, 0.5) is 0 Å². The van der Waals surface area contributed by atoms with E-state index in [4.69, 9.17) is 18.9 Å². The Bertz CT molecular complexity index is 705. The Morgan fingerprint density at radius 2 is 1.46 bits per heavy atom. The second kappa shape index (κ2) is 9.60. The van der Waals surface area contributed by atoms with Crippen molar-refractivity contribution in [3.8, 4) is 0 Å². The molecule has 1 aliphatic rings. The third-order valence-corrected chi connectivity index (χ3v) is 4.82. The van der Waals surface area contributed by atoms with E-state index in [2.05, 4.69) is 0 Å². The maximum atomic E-state index is 10.9. The fraction of sp³-hybridized carbons (Fsp3) is 0.455. The van der Waals surface area contributed by atoms with Gasteiger partial charge in [-0.3, -0.25) is 0 Å². The predicted molar refractivity (Wildman–Crippen MR) is 103 cm³/mol. The smallest absolute Gasteiger partial charge is 0.192 e. The van der Waals surface area contributed by atoms with Crippen LogP contribution in [0.1, 0.15) is 18.1 Å². The molecule has 2 N–H and O–H groups in total.